The zero-order valence-corrected chi connectivity index (χ0v) is 34.4. The van der Waals surface area contributed by atoms with Gasteiger partial charge in [0.2, 0.25) is 0 Å². The van der Waals surface area contributed by atoms with Gasteiger partial charge in [0.05, 0.1) is 11.0 Å². The van der Waals surface area contributed by atoms with Crippen LogP contribution in [0.3, 0.4) is 0 Å². The highest BCUT2D eigenvalue weighted by Gasteiger charge is 2.19. The van der Waals surface area contributed by atoms with E-state index in [1.54, 1.807) is 0 Å². The van der Waals surface area contributed by atoms with Crippen LogP contribution < -0.4 is 4.90 Å². The summed E-state index contributed by atoms with van der Waals surface area (Å²) in [5, 5.41) is 4.64. The van der Waals surface area contributed by atoms with Gasteiger partial charge in [-0.25, -0.2) is 0 Å². The number of para-hydroxylation sites is 2. The molecule has 2 aromatic heterocycles. The summed E-state index contributed by atoms with van der Waals surface area (Å²) in [5.74, 6) is 0. The van der Waals surface area contributed by atoms with E-state index >= 15 is 0 Å². The molecule has 0 bridgehead atoms. The molecule has 12 rings (SSSR count). The molecule has 3 nitrogen and oxygen atoms in total. The maximum absolute atomic E-state index is 6.26. The standard InChI is InChI=1S/C60H40N2O/c1-3-13-41(14-4-1)45-17-11-19-47(37-45)43-25-29-49(30-26-43)61(50-31-27-44(28-32-50)48-20-12-18-46(38-48)42-15-5-2-6-16-42)52-33-35-54-53-21-7-9-23-57(53)62(58(54)40-52)51-34-36-60-56(39-51)55-22-8-10-24-59(55)63-60/h1-40H. The van der Waals surface area contributed by atoms with E-state index in [4.69, 9.17) is 4.42 Å². The summed E-state index contributed by atoms with van der Waals surface area (Å²) in [6, 6.07) is 87.2. The molecule has 2 heterocycles. The van der Waals surface area contributed by atoms with Gasteiger partial charge in [0, 0.05) is 44.3 Å². The van der Waals surface area contributed by atoms with E-state index in [-0.39, 0.29) is 0 Å². The Labute approximate surface area is 366 Å². The van der Waals surface area contributed by atoms with Gasteiger partial charge in [-0.3, -0.25) is 0 Å². The van der Waals surface area contributed by atoms with E-state index in [1.807, 2.05) is 12.1 Å². The highest BCUT2D eigenvalue weighted by Crippen LogP contribution is 2.42. The van der Waals surface area contributed by atoms with Gasteiger partial charge in [0.1, 0.15) is 11.2 Å². The molecule has 296 valence electrons. The summed E-state index contributed by atoms with van der Waals surface area (Å²) in [6.07, 6.45) is 0. The predicted octanol–water partition coefficient (Wildman–Crippen LogP) is 16.8. The van der Waals surface area contributed by atoms with E-state index in [9.17, 15) is 0 Å². The molecule has 0 unspecified atom stereocenters. The van der Waals surface area contributed by atoms with Crippen LogP contribution in [-0.2, 0) is 0 Å². The second-order valence-corrected chi connectivity index (χ2v) is 16.2. The van der Waals surface area contributed by atoms with Crippen molar-refractivity contribution >= 4 is 60.8 Å². The number of rotatable bonds is 8. The fourth-order valence-corrected chi connectivity index (χ4v) is 9.30. The molecule has 63 heavy (non-hydrogen) atoms. The van der Waals surface area contributed by atoms with Gasteiger partial charge >= 0.3 is 0 Å². The second kappa shape index (κ2) is 15.3. The molecule has 0 saturated heterocycles. The Morgan fingerprint density at radius 2 is 0.730 bits per heavy atom. The SMILES string of the molecule is c1ccc(-c2cccc(-c3ccc(N(c4ccc(-c5cccc(-c6ccccc6)c5)cc4)c4ccc5c6ccccc6n(-c6ccc7oc8ccccc8c7c6)c5c4)cc3)c2)cc1. The van der Waals surface area contributed by atoms with Crippen LogP contribution in [0.1, 0.15) is 0 Å². The normalized spacial score (nSPS) is 11.5. The minimum absolute atomic E-state index is 0.887. The lowest BCUT2D eigenvalue weighted by atomic mass is 9.98. The highest BCUT2D eigenvalue weighted by molar-refractivity contribution is 6.11. The van der Waals surface area contributed by atoms with Gasteiger partial charge in [-0.2, -0.15) is 0 Å². The zero-order valence-electron chi connectivity index (χ0n) is 34.4. The summed E-state index contributed by atoms with van der Waals surface area (Å²) < 4.78 is 8.66. The van der Waals surface area contributed by atoms with Crippen molar-refractivity contribution in [2.45, 2.75) is 0 Å². The molecule has 0 spiro atoms. The third-order valence-electron chi connectivity index (χ3n) is 12.4. The van der Waals surface area contributed by atoms with Crippen LogP contribution in [0, 0.1) is 0 Å². The van der Waals surface area contributed by atoms with Gasteiger partial charge < -0.3 is 13.9 Å². The molecule has 10 aromatic carbocycles. The van der Waals surface area contributed by atoms with E-state index < -0.39 is 0 Å². The number of anilines is 3. The third-order valence-corrected chi connectivity index (χ3v) is 12.4. The highest BCUT2D eigenvalue weighted by atomic mass is 16.3. The van der Waals surface area contributed by atoms with Crippen molar-refractivity contribution in [1.29, 1.82) is 0 Å². The van der Waals surface area contributed by atoms with Crippen LogP contribution in [-0.4, -0.2) is 4.57 Å². The minimum atomic E-state index is 0.887. The van der Waals surface area contributed by atoms with E-state index in [0.717, 1.165) is 55.7 Å². The molecule has 0 radical (unpaired) electrons. The molecule has 0 saturated carbocycles. The quantitative estimate of drug-likeness (QED) is 0.153. The molecule has 12 aromatic rings. The molecule has 0 N–H and O–H groups in total. The largest absolute Gasteiger partial charge is 0.456 e. The van der Waals surface area contributed by atoms with Gasteiger partial charge in [-0.05, 0) is 123 Å². The number of aromatic nitrogens is 1. The van der Waals surface area contributed by atoms with E-state index in [2.05, 4.69) is 240 Å². The molecular weight excluding hydrogens is 765 g/mol. The van der Waals surface area contributed by atoms with E-state index in [0.29, 0.717) is 0 Å². The van der Waals surface area contributed by atoms with Crippen molar-refractivity contribution in [1.82, 2.24) is 4.57 Å². The lowest BCUT2D eigenvalue weighted by Crippen LogP contribution is -2.10. The summed E-state index contributed by atoms with van der Waals surface area (Å²) in [7, 11) is 0. The maximum atomic E-state index is 6.26. The van der Waals surface area contributed by atoms with Crippen molar-refractivity contribution in [3.8, 4) is 50.2 Å². The summed E-state index contributed by atoms with van der Waals surface area (Å²) in [5.41, 5.74) is 17.9. The Hall–Kier alpha value is -8.40. The van der Waals surface area contributed by atoms with Crippen molar-refractivity contribution in [2.24, 2.45) is 0 Å². The number of benzene rings is 10. The third kappa shape index (κ3) is 6.55. The van der Waals surface area contributed by atoms with Crippen molar-refractivity contribution in [3.63, 3.8) is 0 Å². The zero-order chi connectivity index (χ0) is 41.7. The van der Waals surface area contributed by atoms with Gasteiger partial charge in [-0.15, -0.1) is 0 Å². The molecule has 0 aliphatic carbocycles. The number of hydrogen-bond donors (Lipinski definition) is 0. The molecule has 0 aliphatic rings. The number of furan rings is 1. The molecule has 0 amide bonds. The smallest absolute Gasteiger partial charge is 0.135 e. The fraction of sp³-hybridized carbons (Fsp3) is 0. The first-order chi connectivity index (χ1) is 31.2. The monoisotopic (exact) mass is 804 g/mol. The number of nitrogens with zero attached hydrogens (tertiary/aromatic N) is 2. The lowest BCUT2D eigenvalue weighted by Gasteiger charge is -2.26. The Kier molecular flexibility index (Phi) is 8.83. The van der Waals surface area contributed by atoms with Crippen LogP contribution in [0.25, 0.3) is 93.9 Å². The Bertz CT molecular complexity index is 3470. The van der Waals surface area contributed by atoms with Crippen molar-refractivity contribution in [2.75, 3.05) is 4.90 Å². The van der Waals surface area contributed by atoms with Gasteiger partial charge in [0.15, 0.2) is 0 Å². The first kappa shape index (κ1) is 36.5. The first-order valence-corrected chi connectivity index (χ1v) is 21.5. The average molecular weight is 805 g/mol. The van der Waals surface area contributed by atoms with Crippen LogP contribution >= 0.6 is 0 Å². The first-order valence-electron chi connectivity index (χ1n) is 21.5. The number of fused-ring (bicyclic) bond motifs is 6. The maximum Gasteiger partial charge on any atom is 0.135 e. The van der Waals surface area contributed by atoms with Crippen LogP contribution in [0.4, 0.5) is 17.1 Å². The minimum Gasteiger partial charge on any atom is -0.456 e. The van der Waals surface area contributed by atoms with Crippen molar-refractivity contribution in [3.05, 3.63) is 243 Å². The molecule has 0 fully saturated rings. The Balaban J connectivity index is 0.994. The molecule has 3 heteroatoms. The van der Waals surface area contributed by atoms with Crippen molar-refractivity contribution < 1.29 is 4.42 Å². The summed E-state index contributed by atoms with van der Waals surface area (Å²) in [6.45, 7) is 0. The lowest BCUT2D eigenvalue weighted by molar-refractivity contribution is 0.669. The van der Waals surface area contributed by atoms with Crippen LogP contribution in [0.2, 0.25) is 0 Å². The number of hydrogen-bond acceptors (Lipinski definition) is 2. The van der Waals surface area contributed by atoms with E-state index in [1.165, 1.54) is 55.3 Å². The molecule has 0 aliphatic heterocycles. The predicted molar refractivity (Wildman–Crippen MR) is 264 cm³/mol. The summed E-state index contributed by atoms with van der Waals surface area (Å²) >= 11 is 0. The van der Waals surface area contributed by atoms with Crippen LogP contribution in [0.5, 0.6) is 0 Å². The average Bonchev–Trinajstić information content (AvgIpc) is 3.90. The Morgan fingerprint density at radius 3 is 1.33 bits per heavy atom. The topological polar surface area (TPSA) is 21.3 Å². The fourth-order valence-electron chi connectivity index (χ4n) is 9.30. The van der Waals surface area contributed by atoms with Gasteiger partial charge in [0.25, 0.3) is 0 Å². The van der Waals surface area contributed by atoms with Gasteiger partial charge in [-0.1, -0.05) is 164 Å². The van der Waals surface area contributed by atoms with Crippen LogP contribution in [0.15, 0.2) is 247 Å². The summed E-state index contributed by atoms with van der Waals surface area (Å²) in [4.78, 5) is 2.38. The Morgan fingerprint density at radius 1 is 0.270 bits per heavy atom. The molecular formula is C60H40N2O. The molecule has 0 atom stereocenters. The second-order valence-electron chi connectivity index (χ2n) is 16.2.